The largest absolute Gasteiger partial charge is 0.484 e. The van der Waals surface area contributed by atoms with Crippen LogP contribution in [0.5, 0.6) is 5.75 Å². The summed E-state index contributed by atoms with van der Waals surface area (Å²) in [7, 11) is 0. The molecule has 3 N–H and O–H groups in total. The van der Waals surface area contributed by atoms with Gasteiger partial charge in [-0.2, -0.15) is 5.26 Å². The Bertz CT molecular complexity index is 448. The highest BCUT2D eigenvalue weighted by molar-refractivity contribution is 5.92. The number of ether oxygens (including phenoxy) is 1. The van der Waals surface area contributed by atoms with Gasteiger partial charge in [0, 0.05) is 5.69 Å². The van der Waals surface area contributed by atoms with Crippen molar-refractivity contribution in [1.29, 1.82) is 5.26 Å². The monoisotopic (exact) mass is 233 g/mol. The first-order valence-corrected chi connectivity index (χ1v) is 4.80. The highest BCUT2D eigenvalue weighted by Gasteiger charge is 2.02. The minimum absolute atomic E-state index is 0.194. The molecule has 0 saturated carbocycles. The molecule has 0 bridgehead atoms. The topological polar surface area (TPSA) is 105 Å². The van der Waals surface area contributed by atoms with E-state index in [1.165, 1.54) is 0 Å². The van der Waals surface area contributed by atoms with E-state index >= 15 is 0 Å². The number of carbonyl (C=O) groups excluding carboxylic acids is 2. The predicted molar refractivity (Wildman–Crippen MR) is 60.0 cm³/mol. The number of nitriles is 1. The zero-order valence-electron chi connectivity index (χ0n) is 8.97. The van der Waals surface area contributed by atoms with Gasteiger partial charge in [0.05, 0.1) is 6.07 Å². The van der Waals surface area contributed by atoms with Gasteiger partial charge in [-0.05, 0) is 24.3 Å². The van der Waals surface area contributed by atoms with Crippen LogP contribution in [-0.2, 0) is 9.59 Å². The molecule has 0 aliphatic carbocycles. The van der Waals surface area contributed by atoms with Crippen LogP contribution in [0.15, 0.2) is 24.3 Å². The molecule has 0 aliphatic heterocycles. The van der Waals surface area contributed by atoms with Gasteiger partial charge in [0.15, 0.2) is 6.61 Å². The maximum atomic E-state index is 11.1. The molecule has 0 unspecified atom stereocenters. The van der Waals surface area contributed by atoms with E-state index in [0.29, 0.717) is 11.4 Å². The van der Waals surface area contributed by atoms with Crippen LogP contribution in [-0.4, -0.2) is 18.4 Å². The third-order valence-electron chi connectivity index (χ3n) is 1.76. The van der Waals surface area contributed by atoms with E-state index in [4.69, 9.17) is 15.7 Å². The Morgan fingerprint density at radius 1 is 1.35 bits per heavy atom. The molecular weight excluding hydrogens is 222 g/mol. The molecule has 1 rings (SSSR count). The van der Waals surface area contributed by atoms with Crippen LogP contribution in [0, 0.1) is 11.3 Å². The van der Waals surface area contributed by atoms with Gasteiger partial charge < -0.3 is 15.8 Å². The SMILES string of the molecule is N#CCC(=O)Nc1ccc(OCC(N)=O)cc1. The van der Waals surface area contributed by atoms with Crippen molar-refractivity contribution in [3.63, 3.8) is 0 Å². The summed E-state index contributed by atoms with van der Waals surface area (Å²) in [5.74, 6) is -0.461. The van der Waals surface area contributed by atoms with Crippen molar-refractivity contribution in [3.8, 4) is 11.8 Å². The Kier molecular flexibility index (Phi) is 4.51. The number of nitrogens with zero attached hydrogens (tertiary/aromatic N) is 1. The van der Waals surface area contributed by atoms with Crippen molar-refractivity contribution in [3.05, 3.63) is 24.3 Å². The number of nitrogens with one attached hydrogen (secondary N) is 1. The van der Waals surface area contributed by atoms with E-state index in [1.54, 1.807) is 30.3 Å². The molecule has 0 aliphatic rings. The lowest BCUT2D eigenvalue weighted by atomic mass is 10.3. The number of carbonyl (C=O) groups is 2. The van der Waals surface area contributed by atoms with Crippen LogP contribution in [0.25, 0.3) is 0 Å². The molecule has 6 heteroatoms. The molecule has 0 heterocycles. The smallest absolute Gasteiger partial charge is 0.255 e. The second kappa shape index (κ2) is 6.12. The predicted octanol–water partition coefficient (Wildman–Crippen LogP) is 0.403. The molecule has 1 aromatic carbocycles. The van der Waals surface area contributed by atoms with E-state index in [2.05, 4.69) is 5.32 Å². The molecule has 0 saturated heterocycles. The number of primary amides is 1. The van der Waals surface area contributed by atoms with Gasteiger partial charge in [0.1, 0.15) is 12.2 Å². The van der Waals surface area contributed by atoms with Crippen molar-refractivity contribution >= 4 is 17.5 Å². The molecule has 17 heavy (non-hydrogen) atoms. The maximum absolute atomic E-state index is 11.1. The first-order chi connectivity index (χ1) is 8.11. The summed E-state index contributed by atoms with van der Waals surface area (Å²) in [5, 5.41) is 10.8. The van der Waals surface area contributed by atoms with Crippen molar-refractivity contribution in [2.24, 2.45) is 5.73 Å². The summed E-state index contributed by atoms with van der Waals surface area (Å²) in [6, 6.07) is 8.13. The van der Waals surface area contributed by atoms with Gasteiger partial charge in [-0.3, -0.25) is 9.59 Å². The summed E-state index contributed by atoms with van der Waals surface area (Å²) < 4.78 is 5.04. The minimum atomic E-state index is -0.559. The molecule has 88 valence electrons. The summed E-state index contributed by atoms with van der Waals surface area (Å²) in [6.45, 7) is -0.194. The van der Waals surface area contributed by atoms with Gasteiger partial charge in [0.25, 0.3) is 5.91 Å². The summed E-state index contributed by atoms with van der Waals surface area (Å²) in [6.07, 6.45) is -0.195. The summed E-state index contributed by atoms with van der Waals surface area (Å²) in [5.41, 5.74) is 5.47. The lowest BCUT2D eigenvalue weighted by molar-refractivity contribution is -0.120. The fourth-order valence-corrected chi connectivity index (χ4v) is 1.07. The number of hydrogen-bond acceptors (Lipinski definition) is 4. The molecule has 6 nitrogen and oxygen atoms in total. The fourth-order valence-electron chi connectivity index (χ4n) is 1.07. The Morgan fingerprint density at radius 2 is 2.00 bits per heavy atom. The fraction of sp³-hybridized carbons (Fsp3) is 0.182. The number of rotatable bonds is 5. The van der Waals surface area contributed by atoms with E-state index in [-0.39, 0.29) is 18.9 Å². The normalized spacial score (nSPS) is 9.12. The van der Waals surface area contributed by atoms with Gasteiger partial charge in [-0.15, -0.1) is 0 Å². The molecule has 0 atom stereocenters. The van der Waals surface area contributed by atoms with E-state index in [1.807, 2.05) is 0 Å². The highest BCUT2D eigenvalue weighted by Crippen LogP contribution is 2.15. The zero-order valence-corrected chi connectivity index (χ0v) is 8.97. The quantitative estimate of drug-likeness (QED) is 0.767. The Morgan fingerprint density at radius 3 is 2.53 bits per heavy atom. The highest BCUT2D eigenvalue weighted by atomic mass is 16.5. The van der Waals surface area contributed by atoms with E-state index in [9.17, 15) is 9.59 Å². The molecule has 2 amide bonds. The standard InChI is InChI=1S/C11H11N3O3/c12-6-5-11(16)14-8-1-3-9(4-2-8)17-7-10(13)15/h1-4H,5,7H2,(H2,13,15)(H,14,16). The Hall–Kier alpha value is -2.55. The van der Waals surface area contributed by atoms with Crippen molar-refractivity contribution < 1.29 is 14.3 Å². The van der Waals surface area contributed by atoms with E-state index < -0.39 is 5.91 Å². The van der Waals surface area contributed by atoms with Crippen LogP contribution in [0.3, 0.4) is 0 Å². The van der Waals surface area contributed by atoms with Crippen LogP contribution >= 0.6 is 0 Å². The van der Waals surface area contributed by atoms with Crippen molar-refractivity contribution in [2.75, 3.05) is 11.9 Å². The maximum Gasteiger partial charge on any atom is 0.255 e. The third-order valence-corrected chi connectivity index (χ3v) is 1.76. The Balaban J connectivity index is 2.53. The van der Waals surface area contributed by atoms with Crippen molar-refractivity contribution in [1.82, 2.24) is 0 Å². The van der Waals surface area contributed by atoms with Crippen LogP contribution < -0.4 is 15.8 Å². The summed E-state index contributed by atoms with van der Waals surface area (Å²) in [4.78, 5) is 21.6. The van der Waals surface area contributed by atoms with Crippen LogP contribution in [0.2, 0.25) is 0 Å². The first-order valence-electron chi connectivity index (χ1n) is 4.80. The first kappa shape index (κ1) is 12.5. The Labute approximate surface area is 98.0 Å². The second-order valence-corrected chi connectivity index (χ2v) is 3.16. The minimum Gasteiger partial charge on any atom is -0.484 e. The molecule has 1 aromatic rings. The van der Waals surface area contributed by atoms with Crippen LogP contribution in [0.1, 0.15) is 6.42 Å². The lowest BCUT2D eigenvalue weighted by Gasteiger charge is -2.05. The number of amides is 2. The number of nitrogens with two attached hydrogens (primary N) is 1. The number of hydrogen-bond donors (Lipinski definition) is 2. The van der Waals surface area contributed by atoms with Gasteiger partial charge in [-0.25, -0.2) is 0 Å². The molecule has 0 radical (unpaired) electrons. The average Bonchev–Trinajstić information content (AvgIpc) is 2.28. The average molecular weight is 233 g/mol. The molecular formula is C11H11N3O3. The summed E-state index contributed by atoms with van der Waals surface area (Å²) >= 11 is 0. The lowest BCUT2D eigenvalue weighted by Crippen LogP contribution is -2.20. The van der Waals surface area contributed by atoms with Gasteiger partial charge in [0.2, 0.25) is 5.91 Å². The van der Waals surface area contributed by atoms with Crippen molar-refractivity contribution in [2.45, 2.75) is 6.42 Å². The second-order valence-electron chi connectivity index (χ2n) is 3.16. The van der Waals surface area contributed by atoms with Crippen LogP contribution in [0.4, 0.5) is 5.69 Å². The third kappa shape index (κ3) is 4.66. The van der Waals surface area contributed by atoms with Gasteiger partial charge >= 0.3 is 0 Å². The van der Waals surface area contributed by atoms with Gasteiger partial charge in [-0.1, -0.05) is 0 Å². The number of anilines is 1. The van der Waals surface area contributed by atoms with E-state index in [0.717, 1.165) is 0 Å². The molecule has 0 fully saturated rings. The molecule has 0 spiro atoms. The zero-order chi connectivity index (χ0) is 12.7. The number of benzene rings is 1. The molecule has 0 aromatic heterocycles.